The summed E-state index contributed by atoms with van der Waals surface area (Å²) in [5.74, 6) is 0.820. The monoisotopic (exact) mass is 223 g/mol. The molecular formula is C12H21N3O. The van der Waals surface area contributed by atoms with Crippen molar-refractivity contribution >= 4 is 5.95 Å². The third-order valence-corrected chi connectivity index (χ3v) is 2.31. The number of morpholine rings is 1. The maximum absolute atomic E-state index is 5.46. The standard InChI is InChI=1S/C10H15N3O.C2H6/c1-8-3-4-11-10(12-8)13-5-6-14-9(2)7-13;1-2/h3-4,9H,5-7H2,1-2H3;1-2H3. The van der Waals surface area contributed by atoms with Crippen LogP contribution in [0.3, 0.4) is 0 Å². The van der Waals surface area contributed by atoms with Crippen LogP contribution in [0.15, 0.2) is 12.3 Å². The van der Waals surface area contributed by atoms with Gasteiger partial charge in [0.1, 0.15) is 0 Å². The van der Waals surface area contributed by atoms with Gasteiger partial charge in [0.25, 0.3) is 0 Å². The Morgan fingerprint density at radius 3 is 2.81 bits per heavy atom. The molecule has 90 valence electrons. The first kappa shape index (κ1) is 12.9. The van der Waals surface area contributed by atoms with Crippen LogP contribution >= 0.6 is 0 Å². The molecule has 0 aromatic carbocycles. The van der Waals surface area contributed by atoms with Gasteiger partial charge in [0.2, 0.25) is 5.95 Å². The highest BCUT2D eigenvalue weighted by Gasteiger charge is 2.18. The largest absolute Gasteiger partial charge is 0.375 e. The van der Waals surface area contributed by atoms with Crippen molar-refractivity contribution in [3.05, 3.63) is 18.0 Å². The van der Waals surface area contributed by atoms with Gasteiger partial charge in [0.05, 0.1) is 12.7 Å². The Kier molecular flexibility index (Phi) is 5.19. The molecule has 4 heteroatoms. The van der Waals surface area contributed by atoms with Crippen LogP contribution in [0, 0.1) is 6.92 Å². The summed E-state index contributed by atoms with van der Waals surface area (Å²) in [6.07, 6.45) is 2.07. The summed E-state index contributed by atoms with van der Waals surface area (Å²) in [7, 11) is 0. The highest BCUT2D eigenvalue weighted by atomic mass is 16.5. The second kappa shape index (κ2) is 6.43. The molecule has 1 unspecified atom stereocenters. The average Bonchev–Trinajstić information content (AvgIpc) is 2.32. The van der Waals surface area contributed by atoms with Gasteiger partial charge in [-0.2, -0.15) is 0 Å². The number of hydrogen-bond acceptors (Lipinski definition) is 4. The fourth-order valence-corrected chi connectivity index (χ4v) is 1.59. The maximum Gasteiger partial charge on any atom is 0.225 e. The molecular weight excluding hydrogens is 202 g/mol. The summed E-state index contributed by atoms with van der Waals surface area (Å²) in [5, 5.41) is 0. The summed E-state index contributed by atoms with van der Waals surface area (Å²) in [6, 6.07) is 1.91. The van der Waals surface area contributed by atoms with Crippen LogP contribution in [-0.2, 0) is 4.74 Å². The number of rotatable bonds is 1. The zero-order chi connectivity index (χ0) is 12.0. The van der Waals surface area contributed by atoms with Crippen LogP contribution in [0.25, 0.3) is 0 Å². The fraction of sp³-hybridized carbons (Fsp3) is 0.667. The molecule has 2 rings (SSSR count). The second-order valence-electron chi connectivity index (χ2n) is 3.63. The Morgan fingerprint density at radius 1 is 1.44 bits per heavy atom. The third kappa shape index (κ3) is 3.45. The molecule has 0 aliphatic carbocycles. The van der Waals surface area contributed by atoms with Gasteiger partial charge in [0.15, 0.2) is 0 Å². The predicted octanol–water partition coefficient (Wildman–Crippen LogP) is 2.04. The fourth-order valence-electron chi connectivity index (χ4n) is 1.59. The molecule has 0 radical (unpaired) electrons. The smallest absolute Gasteiger partial charge is 0.225 e. The molecule has 0 N–H and O–H groups in total. The van der Waals surface area contributed by atoms with Crippen LogP contribution in [0.2, 0.25) is 0 Å². The van der Waals surface area contributed by atoms with E-state index in [9.17, 15) is 0 Å². The summed E-state index contributed by atoms with van der Waals surface area (Å²) < 4.78 is 5.46. The lowest BCUT2D eigenvalue weighted by Gasteiger charge is -2.31. The van der Waals surface area contributed by atoms with E-state index < -0.39 is 0 Å². The molecule has 0 bridgehead atoms. The van der Waals surface area contributed by atoms with Crippen molar-refractivity contribution in [2.45, 2.75) is 33.8 Å². The summed E-state index contributed by atoms with van der Waals surface area (Å²) in [5.41, 5.74) is 1.01. The van der Waals surface area contributed by atoms with Gasteiger partial charge in [0, 0.05) is 25.0 Å². The Morgan fingerprint density at radius 2 is 2.19 bits per heavy atom. The Hall–Kier alpha value is -1.16. The molecule has 1 fully saturated rings. The first-order valence-electron chi connectivity index (χ1n) is 5.92. The van der Waals surface area contributed by atoms with Crippen molar-refractivity contribution in [2.24, 2.45) is 0 Å². The third-order valence-electron chi connectivity index (χ3n) is 2.31. The normalized spacial score (nSPS) is 20.0. The van der Waals surface area contributed by atoms with E-state index in [1.165, 1.54) is 0 Å². The zero-order valence-corrected chi connectivity index (χ0v) is 10.6. The lowest BCUT2D eigenvalue weighted by atomic mass is 10.3. The Balaban J connectivity index is 0.000000606. The van der Waals surface area contributed by atoms with Crippen LogP contribution in [0.4, 0.5) is 5.95 Å². The Labute approximate surface area is 97.7 Å². The Bertz CT molecular complexity index is 317. The summed E-state index contributed by atoms with van der Waals surface area (Å²) in [4.78, 5) is 10.8. The van der Waals surface area contributed by atoms with Crippen LogP contribution in [0.5, 0.6) is 0 Å². The van der Waals surface area contributed by atoms with Crippen LogP contribution < -0.4 is 4.90 Å². The molecule has 0 saturated carbocycles. The first-order chi connectivity index (χ1) is 7.75. The second-order valence-corrected chi connectivity index (χ2v) is 3.63. The molecule has 1 aromatic heterocycles. The summed E-state index contributed by atoms with van der Waals surface area (Å²) >= 11 is 0. The van der Waals surface area contributed by atoms with Gasteiger partial charge in [-0.15, -0.1) is 0 Å². The minimum Gasteiger partial charge on any atom is -0.375 e. The van der Waals surface area contributed by atoms with Crippen molar-refractivity contribution in [3.8, 4) is 0 Å². The van der Waals surface area contributed by atoms with Gasteiger partial charge in [-0.1, -0.05) is 13.8 Å². The number of hydrogen-bond donors (Lipinski definition) is 0. The van der Waals surface area contributed by atoms with Crippen molar-refractivity contribution in [1.82, 2.24) is 9.97 Å². The van der Waals surface area contributed by atoms with E-state index in [0.29, 0.717) is 0 Å². The molecule has 1 atom stereocenters. The van der Waals surface area contributed by atoms with E-state index in [0.717, 1.165) is 31.3 Å². The number of ether oxygens (including phenoxy) is 1. The number of aromatic nitrogens is 2. The molecule has 4 nitrogen and oxygen atoms in total. The molecule has 0 amide bonds. The van der Waals surface area contributed by atoms with Gasteiger partial charge < -0.3 is 9.64 Å². The first-order valence-corrected chi connectivity index (χ1v) is 5.92. The molecule has 16 heavy (non-hydrogen) atoms. The maximum atomic E-state index is 5.46. The molecule has 0 spiro atoms. The lowest BCUT2D eigenvalue weighted by molar-refractivity contribution is 0.0526. The zero-order valence-electron chi connectivity index (χ0n) is 10.6. The van der Waals surface area contributed by atoms with E-state index in [-0.39, 0.29) is 6.10 Å². The van der Waals surface area contributed by atoms with E-state index in [1.54, 1.807) is 6.20 Å². The topological polar surface area (TPSA) is 38.2 Å². The van der Waals surface area contributed by atoms with Crippen molar-refractivity contribution in [1.29, 1.82) is 0 Å². The van der Waals surface area contributed by atoms with Gasteiger partial charge >= 0.3 is 0 Å². The highest BCUT2D eigenvalue weighted by Crippen LogP contribution is 2.12. The number of anilines is 1. The van der Waals surface area contributed by atoms with Crippen LogP contribution in [-0.4, -0.2) is 35.8 Å². The van der Waals surface area contributed by atoms with Crippen molar-refractivity contribution in [3.63, 3.8) is 0 Å². The van der Waals surface area contributed by atoms with Crippen molar-refractivity contribution < 1.29 is 4.74 Å². The number of nitrogens with zero attached hydrogens (tertiary/aromatic N) is 3. The molecule has 1 aliphatic rings. The molecule has 1 saturated heterocycles. The van der Waals surface area contributed by atoms with Crippen molar-refractivity contribution in [2.75, 3.05) is 24.6 Å². The van der Waals surface area contributed by atoms with Gasteiger partial charge in [-0.3, -0.25) is 0 Å². The van der Waals surface area contributed by atoms with E-state index >= 15 is 0 Å². The predicted molar refractivity (Wildman–Crippen MR) is 65.7 cm³/mol. The van der Waals surface area contributed by atoms with E-state index in [1.807, 2.05) is 26.8 Å². The van der Waals surface area contributed by atoms with E-state index in [2.05, 4.69) is 21.8 Å². The van der Waals surface area contributed by atoms with E-state index in [4.69, 9.17) is 4.74 Å². The van der Waals surface area contributed by atoms with Gasteiger partial charge in [-0.05, 0) is 19.9 Å². The van der Waals surface area contributed by atoms with Gasteiger partial charge in [-0.25, -0.2) is 9.97 Å². The molecule has 2 heterocycles. The SMILES string of the molecule is CC.Cc1ccnc(N2CCOC(C)C2)n1. The average molecular weight is 223 g/mol. The van der Waals surface area contributed by atoms with Crippen LogP contribution in [0.1, 0.15) is 26.5 Å². The molecule has 1 aromatic rings. The lowest BCUT2D eigenvalue weighted by Crippen LogP contribution is -2.42. The minimum atomic E-state index is 0.271. The minimum absolute atomic E-state index is 0.271. The molecule has 1 aliphatic heterocycles. The quantitative estimate of drug-likeness (QED) is 0.730. The summed E-state index contributed by atoms with van der Waals surface area (Å²) in [6.45, 7) is 10.6. The highest BCUT2D eigenvalue weighted by molar-refractivity contribution is 5.30. The number of aryl methyl sites for hydroxylation is 1.